The Morgan fingerprint density at radius 3 is 2.38 bits per heavy atom. The summed E-state index contributed by atoms with van der Waals surface area (Å²) < 4.78 is 0. The molecule has 0 radical (unpaired) electrons. The van der Waals surface area contributed by atoms with Gasteiger partial charge >= 0.3 is 0 Å². The molecule has 3 unspecified atom stereocenters. The van der Waals surface area contributed by atoms with Gasteiger partial charge in [-0.05, 0) is 42.7 Å². The van der Waals surface area contributed by atoms with Crippen molar-refractivity contribution in [2.24, 2.45) is 5.73 Å². The minimum atomic E-state index is -0.551. The van der Waals surface area contributed by atoms with Crippen LogP contribution in [0.2, 0.25) is 0 Å². The van der Waals surface area contributed by atoms with E-state index < -0.39 is 6.10 Å². The fraction of sp³-hybridized carbons (Fsp3) is 0.250. The lowest BCUT2D eigenvalue weighted by molar-refractivity contribution is 0.152. The number of fused-ring (bicyclic) bond motifs is 1. The third kappa shape index (κ3) is 3.11. The topological polar surface area (TPSA) is 79.1 Å². The summed E-state index contributed by atoms with van der Waals surface area (Å²) in [7, 11) is 0. The van der Waals surface area contributed by atoms with Gasteiger partial charge < -0.3 is 15.8 Å². The van der Waals surface area contributed by atoms with Crippen LogP contribution in [0.1, 0.15) is 25.3 Å². The largest absolute Gasteiger partial charge is 0.393 e. The molecular weight excluding hydrogens is 300 g/mol. The van der Waals surface area contributed by atoms with Crippen LogP contribution >= 0.6 is 0 Å². The molecule has 0 amide bonds. The summed E-state index contributed by atoms with van der Waals surface area (Å²) in [6.45, 7) is 3.65. The highest BCUT2D eigenvalue weighted by Crippen LogP contribution is 2.30. The molecule has 3 atom stereocenters. The Balaban J connectivity index is 2.25. The smallest absolute Gasteiger partial charge is 0.249 e. The zero-order valence-corrected chi connectivity index (χ0v) is 13.9. The molecule has 1 aromatic heterocycles. The monoisotopic (exact) mass is 322 g/mol. The second kappa shape index (κ2) is 6.59. The molecule has 4 nitrogen and oxygen atoms in total. The van der Waals surface area contributed by atoms with Gasteiger partial charge in [-0.25, -0.2) is 0 Å². The number of aromatic amines is 1. The number of pyridine rings is 1. The Hall–Kier alpha value is -2.43. The summed E-state index contributed by atoms with van der Waals surface area (Å²) in [5.74, 6) is -0.162. The van der Waals surface area contributed by atoms with E-state index in [1.165, 1.54) is 0 Å². The van der Waals surface area contributed by atoms with Crippen molar-refractivity contribution in [3.63, 3.8) is 0 Å². The summed E-state index contributed by atoms with van der Waals surface area (Å²) in [4.78, 5) is 14.9. The number of benzene rings is 2. The predicted octanol–water partition coefficient (Wildman–Crippen LogP) is 3.01. The van der Waals surface area contributed by atoms with Gasteiger partial charge in [0.15, 0.2) is 0 Å². The SMILES string of the molecule is CC(N)C(c1ccc2[nH]c(=O)cc(-c3ccccc3)c2c1)C(C)O. The van der Waals surface area contributed by atoms with E-state index in [9.17, 15) is 9.90 Å². The molecule has 3 rings (SSSR count). The minimum absolute atomic E-state index is 0.131. The zero-order chi connectivity index (χ0) is 17.3. The molecule has 0 saturated heterocycles. The van der Waals surface area contributed by atoms with Crippen LogP contribution in [0.25, 0.3) is 22.0 Å². The van der Waals surface area contributed by atoms with Crippen LogP contribution in [0.15, 0.2) is 59.4 Å². The van der Waals surface area contributed by atoms with E-state index in [2.05, 4.69) is 4.98 Å². The lowest BCUT2D eigenvalue weighted by Crippen LogP contribution is -2.32. The van der Waals surface area contributed by atoms with Crippen LogP contribution in [0.3, 0.4) is 0 Å². The summed E-state index contributed by atoms with van der Waals surface area (Å²) in [5, 5.41) is 11.0. The van der Waals surface area contributed by atoms with Crippen molar-refractivity contribution >= 4 is 10.9 Å². The number of aromatic nitrogens is 1. The minimum Gasteiger partial charge on any atom is -0.393 e. The van der Waals surface area contributed by atoms with E-state index in [-0.39, 0.29) is 17.5 Å². The first-order chi connectivity index (χ1) is 11.5. The van der Waals surface area contributed by atoms with Gasteiger partial charge in [-0.3, -0.25) is 4.79 Å². The van der Waals surface area contributed by atoms with E-state index in [4.69, 9.17) is 5.73 Å². The van der Waals surface area contributed by atoms with Gasteiger partial charge in [-0.1, -0.05) is 36.4 Å². The van der Waals surface area contributed by atoms with Gasteiger partial charge in [0.25, 0.3) is 0 Å². The summed E-state index contributed by atoms with van der Waals surface area (Å²) in [5.41, 5.74) is 9.55. The van der Waals surface area contributed by atoms with E-state index in [0.717, 1.165) is 27.6 Å². The van der Waals surface area contributed by atoms with E-state index in [0.29, 0.717) is 0 Å². The lowest BCUT2D eigenvalue weighted by Gasteiger charge is -2.24. The second-order valence-corrected chi connectivity index (χ2v) is 6.34. The highest BCUT2D eigenvalue weighted by Gasteiger charge is 2.22. The molecule has 4 N–H and O–H groups in total. The van der Waals surface area contributed by atoms with Crippen molar-refractivity contribution in [3.05, 3.63) is 70.5 Å². The fourth-order valence-corrected chi connectivity index (χ4v) is 3.36. The predicted molar refractivity (Wildman–Crippen MR) is 98.1 cm³/mol. The van der Waals surface area contributed by atoms with Gasteiger partial charge in [-0.15, -0.1) is 0 Å². The number of aliphatic hydroxyl groups is 1. The number of hydrogen-bond acceptors (Lipinski definition) is 3. The Kier molecular flexibility index (Phi) is 4.51. The van der Waals surface area contributed by atoms with Crippen LogP contribution in [-0.4, -0.2) is 22.2 Å². The van der Waals surface area contributed by atoms with Gasteiger partial charge in [0.05, 0.1) is 6.10 Å². The summed E-state index contributed by atoms with van der Waals surface area (Å²) in [6.07, 6.45) is -0.551. The fourth-order valence-electron chi connectivity index (χ4n) is 3.36. The first-order valence-electron chi connectivity index (χ1n) is 8.13. The standard InChI is InChI=1S/C20H22N2O2/c1-12(21)20(13(2)23)15-8-9-18-17(10-15)16(11-19(24)22-18)14-6-4-3-5-7-14/h3-13,20,23H,21H2,1-2H3,(H,22,24). The molecule has 2 aromatic carbocycles. The molecule has 124 valence electrons. The molecule has 0 saturated carbocycles. The maximum absolute atomic E-state index is 12.0. The number of nitrogens with two attached hydrogens (primary N) is 1. The lowest BCUT2D eigenvalue weighted by atomic mass is 9.87. The van der Waals surface area contributed by atoms with Crippen molar-refractivity contribution in [2.75, 3.05) is 0 Å². The summed E-state index contributed by atoms with van der Waals surface area (Å²) in [6, 6.07) is 17.1. The van der Waals surface area contributed by atoms with Gasteiger partial charge in [0, 0.05) is 28.9 Å². The Labute approximate surface area is 141 Å². The van der Waals surface area contributed by atoms with Crippen molar-refractivity contribution in [3.8, 4) is 11.1 Å². The van der Waals surface area contributed by atoms with Crippen molar-refractivity contribution in [2.45, 2.75) is 31.9 Å². The number of aliphatic hydroxyl groups excluding tert-OH is 1. The van der Waals surface area contributed by atoms with E-state index in [1.807, 2.05) is 55.5 Å². The van der Waals surface area contributed by atoms with Crippen LogP contribution in [-0.2, 0) is 0 Å². The van der Waals surface area contributed by atoms with Crippen LogP contribution < -0.4 is 11.3 Å². The molecular formula is C20H22N2O2. The second-order valence-electron chi connectivity index (χ2n) is 6.34. The number of H-pyrrole nitrogens is 1. The third-order valence-electron chi connectivity index (χ3n) is 4.42. The van der Waals surface area contributed by atoms with Gasteiger partial charge in [0.2, 0.25) is 5.56 Å². The summed E-state index contributed by atoms with van der Waals surface area (Å²) >= 11 is 0. The maximum atomic E-state index is 12.0. The average molecular weight is 322 g/mol. The van der Waals surface area contributed by atoms with Gasteiger partial charge in [-0.2, -0.15) is 0 Å². The van der Waals surface area contributed by atoms with Crippen molar-refractivity contribution < 1.29 is 5.11 Å². The molecule has 3 aromatic rings. The molecule has 0 bridgehead atoms. The molecule has 0 aliphatic rings. The Morgan fingerprint density at radius 1 is 1.04 bits per heavy atom. The third-order valence-corrected chi connectivity index (χ3v) is 4.42. The van der Waals surface area contributed by atoms with Crippen LogP contribution in [0.5, 0.6) is 0 Å². The van der Waals surface area contributed by atoms with Crippen molar-refractivity contribution in [1.82, 2.24) is 4.98 Å². The molecule has 0 fully saturated rings. The number of hydrogen-bond donors (Lipinski definition) is 3. The molecule has 0 spiro atoms. The molecule has 4 heteroatoms. The Bertz CT molecular complexity index is 890. The van der Waals surface area contributed by atoms with E-state index in [1.54, 1.807) is 13.0 Å². The number of nitrogens with one attached hydrogen (secondary N) is 1. The van der Waals surface area contributed by atoms with Crippen LogP contribution in [0, 0.1) is 0 Å². The quantitative estimate of drug-likeness (QED) is 0.691. The molecule has 0 aliphatic heterocycles. The average Bonchev–Trinajstić information content (AvgIpc) is 2.54. The maximum Gasteiger partial charge on any atom is 0.249 e. The Morgan fingerprint density at radius 2 is 1.75 bits per heavy atom. The molecule has 0 aliphatic carbocycles. The van der Waals surface area contributed by atoms with Crippen LogP contribution in [0.4, 0.5) is 0 Å². The zero-order valence-electron chi connectivity index (χ0n) is 13.9. The number of rotatable bonds is 4. The van der Waals surface area contributed by atoms with Crippen molar-refractivity contribution in [1.29, 1.82) is 0 Å². The molecule has 1 heterocycles. The highest BCUT2D eigenvalue weighted by atomic mass is 16.3. The normalized spacial score (nSPS) is 15.2. The van der Waals surface area contributed by atoms with E-state index >= 15 is 0 Å². The highest BCUT2D eigenvalue weighted by molar-refractivity contribution is 5.94. The first kappa shape index (κ1) is 16.4. The first-order valence-corrected chi connectivity index (χ1v) is 8.13. The molecule has 24 heavy (non-hydrogen) atoms. The van der Waals surface area contributed by atoms with Gasteiger partial charge in [0.1, 0.15) is 0 Å².